The van der Waals surface area contributed by atoms with Crippen molar-refractivity contribution in [3.63, 3.8) is 0 Å². The number of carboxylic acid groups (broad SMARTS) is 1. The van der Waals surface area contributed by atoms with E-state index >= 15 is 0 Å². The summed E-state index contributed by atoms with van der Waals surface area (Å²) < 4.78 is 5.55. The Morgan fingerprint density at radius 1 is 1.73 bits per heavy atom. The number of rotatable bonds is 2. The van der Waals surface area contributed by atoms with Crippen molar-refractivity contribution in [1.29, 1.82) is 0 Å². The van der Waals surface area contributed by atoms with E-state index in [0.29, 0.717) is 18.6 Å². The van der Waals surface area contributed by atoms with E-state index in [2.05, 4.69) is 4.98 Å². The van der Waals surface area contributed by atoms with Crippen molar-refractivity contribution in [3.05, 3.63) is 23.5 Å². The molecule has 0 spiro atoms. The second-order valence-corrected chi connectivity index (χ2v) is 3.80. The van der Waals surface area contributed by atoms with E-state index in [9.17, 15) is 9.90 Å². The number of hydrogen-bond donors (Lipinski definition) is 1. The first-order valence-electron chi connectivity index (χ1n) is 4.96. The maximum absolute atomic E-state index is 11.2. The molecule has 1 aromatic rings. The SMILES string of the molecule is CCC1(C(=O)O)Cc2c(ccnc2C)O1. The third-order valence-corrected chi connectivity index (χ3v) is 2.96. The van der Waals surface area contributed by atoms with Crippen molar-refractivity contribution in [2.75, 3.05) is 0 Å². The molecule has 1 aliphatic heterocycles. The summed E-state index contributed by atoms with van der Waals surface area (Å²) in [5, 5.41) is 9.18. The number of hydrogen-bond acceptors (Lipinski definition) is 3. The molecule has 15 heavy (non-hydrogen) atoms. The number of pyridine rings is 1. The van der Waals surface area contributed by atoms with Gasteiger partial charge in [0.1, 0.15) is 5.75 Å². The fourth-order valence-electron chi connectivity index (χ4n) is 1.88. The molecular weight excluding hydrogens is 194 g/mol. The van der Waals surface area contributed by atoms with Crippen molar-refractivity contribution >= 4 is 5.97 Å². The van der Waals surface area contributed by atoms with Gasteiger partial charge in [-0.15, -0.1) is 0 Å². The molecule has 0 radical (unpaired) electrons. The van der Waals surface area contributed by atoms with Crippen molar-refractivity contribution in [3.8, 4) is 5.75 Å². The van der Waals surface area contributed by atoms with Crippen LogP contribution in [0, 0.1) is 6.92 Å². The molecule has 0 fully saturated rings. The number of nitrogens with zero attached hydrogens (tertiary/aromatic N) is 1. The molecular formula is C11H13NO3. The lowest BCUT2D eigenvalue weighted by atomic mass is 9.94. The molecule has 1 unspecified atom stereocenters. The summed E-state index contributed by atoms with van der Waals surface area (Å²) in [6.07, 6.45) is 2.51. The Morgan fingerprint density at radius 3 is 3.00 bits per heavy atom. The Bertz CT molecular complexity index is 416. The van der Waals surface area contributed by atoms with E-state index in [0.717, 1.165) is 11.3 Å². The molecule has 0 saturated carbocycles. The number of fused-ring (bicyclic) bond motifs is 1. The number of aliphatic carboxylic acids is 1. The third kappa shape index (κ3) is 1.37. The van der Waals surface area contributed by atoms with Crippen LogP contribution < -0.4 is 4.74 Å². The third-order valence-electron chi connectivity index (χ3n) is 2.96. The topological polar surface area (TPSA) is 59.4 Å². The van der Waals surface area contributed by atoms with Crippen LogP contribution in [-0.2, 0) is 11.2 Å². The second kappa shape index (κ2) is 3.22. The maximum atomic E-state index is 11.2. The normalized spacial score (nSPS) is 23.3. The van der Waals surface area contributed by atoms with Crippen molar-refractivity contribution in [2.24, 2.45) is 0 Å². The van der Waals surface area contributed by atoms with Gasteiger partial charge < -0.3 is 9.84 Å². The molecule has 80 valence electrons. The lowest BCUT2D eigenvalue weighted by Crippen LogP contribution is -2.42. The fourth-order valence-corrected chi connectivity index (χ4v) is 1.88. The minimum atomic E-state index is -1.09. The molecule has 2 rings (SSSR count). The lowest BCUT2D eigenvalue weighted by Gasteiger charge is -2.21. The van der Waals surface area contributed by atoms with Crippen molar-refractivity contribution in [1.82, 2.24) is 4.98 Å². The molecule has 4 nitrogen and oxygen atoms in total. The van der Waals surface area contributed by atoms with Crippen LogP contribution in [0.5, 0.6) is 5.75 Å². The highest BCUT2D eigenvalue weighted by Gasteiger charge is 2.45. The Balaban J connectivity index is 2.44. The molecule has 0 bridgehead atoms. The quantitative estimate of drug-likeness (QED) is 0.799. The first-order chi connectivity index (χ1) is 7.09. The summed E-state index contributed by atoms with van der Waals surface area (Å²) in [6.45, 7) is 3.69. The first kappa shape index (κ1) is 9.96. The van der Waals surface area contributed by atoms with E-state index in [1.807, 2.05) is 13.8 Å². The highest BCUT2D eigenvalue weighted by atomic mass is 16.5. The summed E-state index contributed by atoms with van der Waals surface area (Å²) in [5.41, 5.74) is 0.682. The number of ether oxygens (including phenoxy) is 1. The Hall–Kier alpha value is -1.58. The predicted octanol–water partition coefficient (Wildman–Crippen LogP) is 1.56. The lowest BCUT2D eigenvalue weighted by molar-refractivity contribution is -0.153. The van der Waals surface area contributed by atoms with Crippen LogP contribution in [0.2, 0.25) is 0 Å². The van der Waals surface area contributed by atoms with Gasteiger partial charge in [-0.2, -0.15) is 0 Å². The molecule has 4 heteroatoms. The summed E-state index contributed by atoms with van der Waals surface area (Å²) in [7, 11) is 0. The first-order valence-corrected chi connectivity index (χ1v) is 4.96. The number of carbonyl (C=O) groups is 1. The smallest absolute Gasteiger partial charge is 0.348 e. The van der Waals surface area contributed by atoms with Gasteiger partial charge in [-0.25, -0.2) is 4.79 Å². The minimum absolute atomic E-state index is 0.411. The van der Waals surface area contributed by atoms with Gasteiger partial charge in [0.05, 0.1) is 0 Å². The average Bonchev–Trinajstić information content (AvgIpc) is 2.59. The van der Waals surface area contributed by atoms with Crippen LogP contribution in [0.15, 0.2) is 12.3 Å². The average molecular weight is 207 g/mol. The van der Waals surface area contributed by atoms with Gasteiger partial charge in [0.25, 0.3) is 0 Å². The zero-order chi connectivity index (χ0) is 11.1. The van der Waals surface area contributed by atoms with Crippen LogP contribution >= 0.6 is 0 Å². The van der Waals surface area contributed by atoms with Gasteiger partial charge in [-0.1, -0.05) is 6.92 Å². The van der Waals surface area contributed by atoms with E-state index in [1.54, 1.807) is 12.3 Å². The fraction of sp³-hybridized carbons (Fsp3) is 0.455. The van der Waals surface area contributed by atoms with Gasteiger partial charge >= 0.3 is 5.97 Å². The highest BCUT2D eigenvalue weighted by Crippen LogP contribution is 2.38. The Labute approximate surface area is 87.9 Å². The van der Waals surface area contributed by atoms with Crippen LogP contribution in [0.25, 0.3) is 0 Å². The Kier molecular flexibility index (Phi) is 2.14. The van der Waals surface area contributed by atoms with Crippen molar-refractivity contribution < 1.29 is 14.6 Å². The summed E-state index contributed by atoms with van der Waals surface area (Å²) >= 11 is 0. The summed E-state index contributed by atoms with van der Waals surface area (Å²) in [5.74, 6) is -0.243. The number of aromatic nitrogens is 1. The molecule has 0 amide bonds. The van der Waals surface area contributed by atoms with E-state index < -0.39 is 11.6 Å². The monoisotopic (exact) mass is 207 g/mol. The predicted molar refractivity (Wildman–Crippen MR) is 54.0 cm³/mol. The largest absolute Gasteiger partial charge is 0.478 e. The van der Waals surface area contributed by atoms with E-state index in [4.69, 9.17) is 4.74 Å². The molecule has 1 aliphatic rings. The molecule has 1 N–H and O–H groups in total. The molecule has 1 aromatic heterocycles. The van der Waals surface area contributed by atoms with Crippen LogP contribution in [0.4, 0.5) is 0 Å². The standard InChI is InChI=1S/C11H13NO3/c1-3-11(10(13)14)6-8-7(2)12-5-4-9(8)15-11/h4-5H,3,6H2,1-2H3,(H,13,14). The zero-order valence-corrected chi connectivity index (χ0v) is 8.78. The highest BCUT2D eigenvalue weighted by molar-refractivity contribution is 5.80. The molecule has 0 saturated heterocycles. The summed E-state index contributed by atoms with van der Waals surface area (Å²) in [4.78, 5) is 15.3. The molecule has 0 aromatic carbocycles. The van der Waals surface area contributed by atoms with Crippen LogP contribution in [0.3, 0.4) is 0 Å². The number of carboxylic acids is 1. The molecule has 1 atom stereocenters. The van der Waals surface area contributed by atoms with Gasteiger partial charge in [0.2, 0.25) is 5.60 Å². The van der Waals surface area contributed by atoms with E-state index in [1.165, 1.54) is 0 Å². The van der Waals surface area contributed by atoms with Gasteiger partial charge in [0, 0.05) is 23.9 Å². The second-order valence-electron chi connectivity index (χ2n) is 3.80. The zero-order valence-electron chi connectivity index (χ0n) is 8.78. The minimum Gasteiger partial charge on any atom is -0.478 e. The molecule has 0 aliphatic carbocycles. The summed E-state index contributed by atoms with van der Waals surface area (Å²) in [6, 6.07) is 1.72. The van der Waals surface area contributed by atoms with Gasteiger partial charge in [-0.3, -0.25) is 4.98 Å². The van der Waals surface area contributed by atoms with E-state index in [-0.39, 0.29) is 0 Å². The van der Waals surface area contributed by atoms with Crippen LogP contribution in [0.1, 0.15) is 24.6 Å². The Morgan fingerprint density at radius 2 is 2.47 bits per heavy atom. The maximum Gasteiger partial charge on any atom is 0.348 e. The van der Waals surface area contributed by atoms with Crippen LogP contribution in [-0.4, -0.2) is 21.7 Å². The molecule has 2 heterocycles. The van der Waals surface area contributed by atoms with Gasteiger partial charge in [-0.05, 0) is 19.4 Å². The number of aryl methyl sites for hydroxylation is 1. The van der Waals surface area contributed by atoms with Crippen molar-refractivity contribution in [2.45, 2.75) is 32.3 Å². The van der Waals surface area contributed by atoms with Gasteiger partial charge in [0.15, 0.2) is 0 Å².